The predicted molar refractivity (Wildman–Crippen MR) is 297 cm³/mol. The smallest absolute Gasteiger partial charge is 0.0541 e. The predicted octanol–water partition coefficient (Wildman–Crippen LogP) is 18.5. The Kier molecular flexibility index (Phi) is 9.25. The highest BCUT2D eigenvalue weighted by Gasteiger charge is 2.20. The molecule has 0 aliphatic heterocycles. The fourth-order valence-corrected chi connectivity index (χ4v) is 11.3. The van der Waals surface area contributed by atoms with Crippen molar-refractivity contribution in [1.29, 1.82) is 0 Å². The van der Waals surface area contributed by atoms with E-state index < -0.39 is 0 Å². The molecule has 0 aliphatic rings. The van der Waals surface area contributed by atoms with Gasteiger partial charge in [0, 0.05) is 32.9 Å². The second-order valence-electron chi connectivity index (χ2n) is 18.4. The van der Waals surface area contributed by atoms with E-state index in [1.165, 1.54) is 121 Å². The molecule has 0 fully saturated rings. The summed E-state index contributed by atoms with van der Waals surface area (Å²) in [5, 5.41) is 9.97. The maximum Gasteiger partial charge on any atom is 0.0541 e. The van der Waals surface area contributed by atoms with E-state index in [0.29, 0.717) is 0 Å². The van der Waals surface area contributed by atoms with Crippen LogP contribution in [-0.2, 0) is 0 Å². The van der Waals surface area contributed by atoms with Gasteiger partial charge in [0.15, 0.2) is 0 Å². The lowest BCUT2D eigenvalue weighted by Gasteiger charge is -2.18. The van der Waals surface area contributed by atoms with E-state index in [9.17, 15) is 0 Å². The lowest BCUT2D eigenvalue weighted by molar-refractivity contribution is 1.18. The molecular formula is C68H44N2. The number of fused-ring (bicyclic) bond motifs is 8. The zero-order chi connectivity index (χ0) is 46.1. The molecule has 70 heavy (non-hydrogen) atoms. The van der Waals surface area contributed by atoms with Crippen LogP contribution in [0.25, 0.3) is 132 Å². The molecule has 14 rings (SSSR count). The minimum absolute atomic E-state index is 1.13. The first kappa shape index (κ1) is 39.9. The van der Waals surface area contributed by atoms with Crippen LogP contribution in [-0.4, -0.2) is 9.13 Å². The number of nitrogens with zero attached hydrogens (tertiary/aromatic N) is 2. The molecule has 0 aliphatic carbocycles. The molecule has 12 aromatic carbocycles. The van der Waals surface area contributed by atoms with Gasteiger partial charge in [-0.3, -0.25) is 0 Å². The summed E-state index contributed by atoms with van der Waals surface area (Å²) in [5.41, 5.74) is 19.2. The summed E-state index contributed by atoms with van der Waals surface area (Å²) < 4.78 is 4.83. The zero-order valence-electron chi connectivity index (χ0n) is 38.3. The van der Waals surface area contributed by atoms with Crippen molar-refractivity contribution in [2.24, 2.45) is 0 Å². The van der Waals surface area contributed by atoms with Crippen molar-refractivity contribution in [2.75, 3.05) is 0 Å². The van der Waals surface area contributed by atoms with Crippen LogP contribution in [0.15, 0.2) is 267 Å². The van der Waals surface area contributed by atoms with Crippen LogP contribution in [0, 0.1) is 0 Å². The number of aromatic nitrogens is 2. The third kappa shape index (κ3) is 6.42. The summed E-state index contributed by atoms with van der Waals surface area (Å²) in [6.45, 7) is 0. The molecule has 0 saturated heterocycles. The standard InChI is InChI=1S/C68H44N2/c1-4-16-45(17-5-1)46-28-30-47(31-29-46)50-34-39-65-61(42-50)62-44-52(51-35-40-64-60(43-51)55-22-14-15-27-63(55)69(64)53-20-8-3-9-21-53)36-41-66(62)70(65)54-37-32-49(33-38-54)68-58-25-12-10-23-56(58)67(48-18-6-2-7-19-48)57-24-11-13-26-59(57)68/h1-44H. The third-order valence-electron chi connectivity index (χ3n) is 14.5. The molecule has 0 spiro atoms. The van der Waals surface area contributed by atoms with Gasteiger partial charge < -0.3 is 9.13 Å². The van der Waals surface area contributed by atoms with Crippen molar-refractivity contribution in [3.63, 3.8) is 0 Å². The molecule has 14 aromatic rings. The highest BCUT2D eigenvalue weighted by atomic mass is 15.0. The van der Waals surface area contributed by atoms with Crippen molar-refractivity contribution in [2.45, 2.75) is 0 Å². The molecule has 2 heteroatoms. The lowest BCUT2D eigenvalue weighted by atomic mass is 9.86. The molecule has 0 bridgehead atoms. The van der Waals surface area contributed by atoms with Crippen LogP contribution >= 0.6 is 0 Å². The Balaban J connectivity index is 0.934. The number of rotatable bonds is 7. The topological polar surface area (TPSA) is 9.86 Å². The number of hydrogen-bond acceptors (Lipinski definition) is 0. The molecule has 2 heterocycles. The maximum atomic E-state index is 2.45. The number of para-hydroxylation sites is 2. The maximum absolute atomic E-state index is 2.45. The van der Waals surface area contributed by atoms with Gasteiger partial charge in [0.1, 0.15) is 0 Å². The Morgan fingerprint density at radius 3 is 0.943 bits per heavy atom. The second-order valence-corrected chi connectivity index (χ2v) is 18.4. The van der Waals surface area contributed by atoms with E-state index in [4.69, 9.17) is 0 Å². The Labute approximate surface area is 406 Å². The Morgan fingerprint density at radius 1 is 0.171 bits per heavy atom. The van der Waals surface area contributed by atoms with Crippen molar-refractivity contribution < 1.29 is 0 Å². The molecule has 0 unspecified atom stereocenters. The van der Waals surface area contributed by atoms with E-state index in [1.807, 2.05) is 0 Å². The summed E-state index contributed by atoms with van der Waals surface area (Å²) >= 11 is 0. The Hall–Kier alpha value is -9.24. The summed E-state index contributed by atoms with van der Waals surface area (Å²) in [4.78, 5) is 0. The quantitative estimate of drug-likeness (QED) is 0.141. The van der Waals surface area contributed by atoms with Gasteiger partial charge in [0.2, 0.25) is 0 Å². The summed E-state index contributed by atoms with van der Waals surface area (Å²) in [7, 11) is 0. The SMILES string of the molecule is c1ccc(-c2ccc(-c3ccc4c(c3)c3cc(-c5ccc6c(c5)c5ccccc5n6-c5ccccc5)ccc3n4-c3ccc(-c4c5ccccc5c(-c5ccccc5)c5ccccc45)cc3)cc2)cc1. The fourth-order valence-electron chi connectivity index (χ4n) is 11.3. The summed E-state index contributed by atoms with van der Waals surface area (Å²) in [6.07, 6.45) is 0. The molecular weight excluding hydrogens is 845 g/mol. The zero-order valence-corrected chi connectivity index (χ0v) is 38.3. The monoisotopic (exact) mass is 888 g/mol. The first-order valence-electron chi connectivity index (χ1n) is 24.2. The van der Waals surface area contributed by atoms with Crippen molar-refractivity contribution in [3.8, 4) is 67.0 Å². The van der Waals surface area contributed by atoms with Crippen molar-refractivity contribution >= 4 is 65.2 Å². The number of benzene rings is 12. The largest absolute Gasteiger partial charge is 0.309 e. The molecule has 2 nitrogen and oxygen atoms in total. The molecule has 0 saturated carbocycles. The molecule has 326 valence electrons. The highest BCUT2D eigenvalue weighted by Crippen LogP contribution is 2.45. The van der Waals surface area contributed by atoms with Crippen LogP contribution in [0.5, 0.6) is 0 Å². The van der Waals surface area contributed by atoms with Gasteiger partial charge >= 0.3 is 0 Å². The average Bonchev–Trinajstić information content (AvgIpc) is 3.95. The average molecular weight is 889 g/mol. The first-order valence-corrected chi connectivity index (χ1v) is 24.2. The highest BCUT2D eigenvalue weighted by molar-refractivity contribution is 6.21. The molecule has 2 aromatic heterocycles. The van der Waals surface area contributed by atoms with Gasteiger partial charge in [-0.05, 0) is 144 Å². The minimum Gasteiger partial charge on any atom is -0.309 e. The van der Waals surface area contributed by atoms with Crippen molar-refractivity contribution in [1.82, 2.24) is 9.13 Å². The van der Waals surface area contributed by atoms with Gasteiger partial charge in [-0.25, -0.2) is 0 Å². The number of hydrogen-bond donors (Lipinski definition) is 0. The molecule has 0 amide bonds. The fraction of sp³-hybridized carbons (Fsp3) is 0. The van der Waals surface area contributed by atoms with Crippen LogP contribution in [0.3, 0.4) is 0 Å². The van der Waals surface area contributed by atoms with Gasteiger partial charge in [-0.1, -0.05) is 200 Å². The van der Waals surface area contributed by atoms with Crippen LogP contribution in [0.4, 0.5) is 0 Å². The first-order chi connectivity index (χ1) is 34.7. The summed E-state index contributed by atoms with van der Waals surface area (Å²) in [5.74, 6) is 0. The van der Waals surface area contributed by atoms with Crippen molar-refractivity contribution in [3.05, 3.63) is 267 Å². The van der Waals surface area contributed by atoms with Crippen LogP contribution in [0.1, 0.15) is 0 Å². The van der Waals surface area contributed by atoms with Gasteiger partial charge in [-0.2, -0.15) is 0 Å². The Bertz CT molecular complexity index is 4240. The van der Waals surface area contributed by atoms with E-state index in [0.717, 1.165) is 11.4 Å². The second kappa shape index (κ2) is 16.2. The molecule has 0 atom stereocenters. The van der Waals surface area contributed by atoms with E-state index in [-0.39, 0.29) is 0 Å². The normalized spacial score (nSPS) is 11.7. The van der Waals surface area contributed by atoms with Crippen LogP contribution < -0.4 is 0 Å². The summed E-state index contributed by atoms with van der Waals surface area (Å²) in [6, 6.07) is 98.0. The third-order valence-corrected chi connectivity index (χ3v) is 14.5. The van der Waals surface area contributed by atoms with Gasteiger partial charge in [-0.15, -0.1) is 0 Å². The van der Waals surface area contributed by atoms with E-state index >= 15 is 0 Å². The molecule has 0 radical (unpaired) electrons. The van der Waals surface area contributed by atoms with E-state index in [1.54, 1.807) is 0 Å². The van der Waals surface area contributed by atoms with Gasteiger partial charge in [0.25, 0.3) is 0 Å². The minimum atomic E-state index is 1.13. The lowest BCUT2D eigenvalue weighted by Crippen LogP contribution is -1.95. The molecule has 0 N–H and O–H groups in total. The van der Waals surface area contributed by atoms with E-state index in [2.05, 4.69) is 276 Å². The Morgan fingerprint density at radius 2 is 0.457 bits per heavy atom. The van der Waals surface area contributed by atoms with Gasteiger partial charge in [0.05, 0.1) is 22.1 Å². The van der Waals surface area contributed by atoms with Crippen LogP contribution in [0.2, 0.25) is 0 Å².